The topological polar surface area (TPSA) is 111 Å². The third-order valence-electron chi connectivity index (χ3n) is 4.28. The second-order valence-electron chi connectivity index (χ2n) is 6.31. The molecule has 27 heavy (non-hydrogen) atoms. The molecule has 0 aliphatic carbocycles. The zero-order valence-electron chi connectivity index (χ0n) is 15.1. The number of aromatic nitrogens is 2. The van der Waals surface area contributed by atoms with Crippen LogP contribution in [0.2, 0.25) is 0 Å². The van der Waals surface area contributed by atoms with Crippen molar-refractivity contribution in [3.05, 3.63) is 80.2 Å². The van der Waals surface area contributed by atoms with Crippen molar-refractivity contribution in [3.63, 3.8) is 0 Å². The first-order chi connectivity index (χ1) is 12.8. The van der Waals surface area contributed by atoms with Gasteiger partial charge in [0, 0.05) is 17.2 Å². The van der Waals surface area contributed by atoms with E-state index >= 15 is 0 Å². The molecule has 8 nitrogen and oxygen atoms in total. The highest BCUT2D eigenvalue weighted by Gasteiger charge is 2.17. The maximum atomic E-state index is 12.3. The Morgan fingerprint density at radius 1 is 1.07 bits per heavy atom. The van der Waals surface area contributed by atoms with Gasteiger partial charge in [-0.25, -0.2) is 0 Å². The van der Waals surface area contributed by atoms with Crippen LogP contribution in [0.5, 0.6) is 0 Å². The fourth-order valence-electron chi connectivity index (χ4n) is 2.58. The van der Waals surface area contributed by atoms with E-state index in [0.29, 0.717) is 17.9 Å². The van der Waals surface area contributed by atoms with Gasteiger partial charge in [0.2, 0.25) is 5.89 Å². The van der Waals surface area contributed by atoms with Gasteiger partial charge >= 0.3 is 6.01 Å². The van der Waals surface area contributed by atoms with Crippen LogP contribution in [0.15, 0.2) is 40.8 Å². The number of aryl methyl sites for hydroxylation is 3. The third kappa shape index (κ3) is 4.17. The Morgan fingerprint density at radius 3 is 2.52 bits per heavy atom. The zero-order chi connectivity index (χ0) is 19.6. The largest absolute Gasteiger partial charge is 0.407 e. The van der Waals surface area contributed by atoms with E-state index in [1.54, 1.807) is 6.92 Å². The van der Waals surface area contributed by atoms with Crippen LogP contribution in [0.4, 0.5) is 11.7 Å². The summed E-state index contributed by atoms with van der Waals surface area (Å²) >= 11 is 0. The zero-order valence-corrected chi connectivity index (χ0v) is 15.1. The number of nitro benzene ring substituents is 1. The minimum atomic E-state index is -0.556. The summed E-state index contributed by atoms with van der Waals surface area (Å²) in [5.41, 5.74) is 3.88. The van der Waals surface area contributed by atoms with Gasteiger partial charge in [-0.05, 0) is 43.5 Å². The smallest absolute Gasteiger partial charge is 0.322 e. The fraction of sp³-hybridized carbons (Fsp3) is 0.211. The van der Waals surface area contributed by atoms with Gasteiger partial charge in [-0.3, -0.25) is 20.2 Å². The first-order valence-electron chi connectivity index (χ1n) is 8.28. The number of hydrogen-bond donors (Lipinski definition) is 1. The molecule has 1 N–H and O–H groups in total. The van der Waals surface area contributed by atoms with E-state index in [-0.39, 0.29) is 17.3 Å². The van der Waals surface area contributed by atoms with Gasteiger partial charge in [-0.15, -0.1) is 5.10 Å². The van der Waals surface area contributed by atoms with Crippen LogP contribution in [0.25, 0.3) is 0 Å². The highest BCUT2D eigenvalue weighted by Crippen LogP contribution is 2.20. The lowest BCUT2D eigenvalue weighted by atomic mass is 10.0. The van der Waals surface area contributed by atoms with E-state index < -0.39 is 10.8 Å². The molecular weight excluding hydrogens is 348 g/mol. The molecule has 0 bridgehead atoms. The molecule has 138 valence electrons. The second kappa shape index (κ2) is 7.36. The number of nitro groups is 1. The first kappa shape index (κ1) is 18.2. The van der Waals surface area contributed by atoms with Crippen LogP contribution in [0.3, 0.4) is 0 Å². The van der Waals surface area contributed by atoms with Gasteiger partial charge in [0.25, 0.3) is 11.6 Å². The lowest BCUT2D eigenvalue weighted by Gasteiger charge is -2.03. The van der Waals surface area contributed by atoms with E-state index in [4.69, 9.17) is 4.42 Å². The van der Waals surface area contributed by atoms with Crippen molar-refractivity contribution in [2.75, 3.05) is 5.32 Å². The molecule has 0 spiro atoms. The van der Waals surface area contributed by atoms with Gasteiger partial charge in [0.15, 0.2) is 0 Å². The summed E-state index contributed by atoms with van der Waals surface area (Å²) in [5, 5.41) is 21.2. The maximum Gasteiger partial charge on any atom is 0.322 e. The van der Waals surface area contributed by atoms with Gasteiger partial charge in [-0.1, -0.05) is 29.4 Å². The Bertz CT molecular complexity index is 1030. The number of anilines is 1. The highest BCUT2D eigenvalue weighted by molar-refractivity contribution is 6.03. The van der Waals surface area contributed by atoms with Crippen molar-refractivity contribution in [1.82, 2.24) is 10.2 Å². The predicted molar refractivity (Wildman–Crippen MR) is 98.8 cm³/mol. The summed E-state index contributed by atoms with van der Waals surface area (Å²) in [7, 11) is 0. The number of nitrogens with one attached hydrogen (secondary N) is 1. The van der Waals surface area contributed by atoms with Crippen molar-refractivity contribution >= 4 is 17.6 Å². The van der Waals surface area contributed by atoms with Gasteiger partial charge < -0.3 is 4.42 Å². The Morgan fingerprint density at radius 2 is 1.81 bits per heavy atom. The highest BCUT2D eigenvalue weighted by atomic mass is 16.6. The monoisotopic (exact) mass is 366 g/mol. The van der Waals surface area contributed by atoms with Crippen LogP contribution < -0.4 is 5.32 Å². The molecule has 0 fully saturated rings. The van der Waals surface area contributed by atoms with E-state index in [1.807, 2.05) is 32.0 Å². The molecule has 3 aromatic rings. The normalized spacial score (nSPS) is 10.6. The lowest BCUT2D eigenvalue weighted by Crippen LogP contribution is -2.12. The van der Waals surface area contributed by atoms with E-state index in [1.165, 1.54) is 29.3 Å². The van der Waals surface area contributed by atoms with Crippen molar-refractivity contribution in [3.8, 4) is 0 Å². The first-order valence-corrected chi connectivity index (χ1v) is 8.28. The standard InChI is InChI=1S/C19H18N4O4/c1-11-4-6-14(8-13(11)3)9-17-21-22-19(27-17)20-18(24)15-7-5-12(2)16(10-15)23(25)26/h4-8,10H,9H2,1-3H3,(H,20,22,24). The summed E-state index contributed by atoms with van der Waals surface area (Å²) in [4.78, 5) is 22.8. The Hall–Kier alpha value is -3.55. The molecule has 0 saturated carbocycles. The van der Waals surface area contributed by atoms with Gasteiger partial charge in [0.05, 0.1) is 11.3 Å². The van der Waals surface area contributed by atoms with Crippen LogP contribution in [0.1, 0.15) is 38.5 Å². The number of hydrogen-bond acceptors (Lipinski definition) is 6. The summed E-state index contributed by atoms with van der Waals surface area (Å²) in [6.45, 7) is 5.67. The summed E-state index contributed by atoms with van der Waals surface area (Å²) in [5.74, 6) is -0.192. The van der Waals surface area contributed by atoms with Crippen molar-refractivity contribution in [2.45, 2.75) is 27.2 Å². The molecule has 0 atom stereocenters. The summed E-state index contributed by atoms with van der Waals surface area (Å²) in [6, 6.07) is 10.2. The maximum absolute atomic E-state index is 12.3. The minimum Gasteiger partial charge on any atom is -0.407 e. The molecular formula is C19H18N4O4. The average molecular weight is 366 g/mol. The Balaban J connectivity index is 1.72. The van der Waals surface area contributed by atoms with E-state index in [2.05, 4.69) is 15.5 Å². The Kier molecular flexibility index (Phi) is 4.98. The molecule has 1 aromatic heterocycles. The van der Waals surface area contributed by atoms with Crippen molar-refractivity contribution in [2.24, 2.45) is 0 Å². The fourth-order valence-corrected chi connectivity index (χ4v) is 2.58. The van der Waals surface area contributed by atoms with Crippen molar-refractivity contribution < 1.29 is 14.1 Å². The number of amides is 1. The molecule has 0 saturated heterocycles. The number of benzene rings is 2. The molecule has 2 aromatic carbocycles. The number of carbonyl (C=O) groups excluding carboxylic acids is 1. The van der Waals surface area contributed by atoms with E-state index in [0.717, 1.165) is 5.56 Å². The molecule has 1 heterocycles. The SMILES string of the molecule is Cc1ccc(Cc2nnc(NC(=O)c3ccc(C)c([N+](=O)[O-])c3)o2)cc1C. The molecule has 3 rings (SSSR count). The summed E-state index contributed by atoms with van der Waals surface area (Å²) in [6.07, 6.45) is 0.444. The van der Waals surface area contributed by atoms with Gasteiger partial charge in [-0.2, -0.15) is 0 Å². The lowest BCUT2D eigenvalue weighted by molar-refractivity contribution is -0.385. The molecule has 1 amide bonds. The van der Waals surface area contributed by atoms with Gasteiger partial charge in [0.1, 0.15) is 0 Å². The van der Waals surface area contributed by atoms with Crippen LogP contribution in [-0.2, 0) is 6.42 Å². The molecule has 8 heteroatoms. The average Bonchev–Trinajstić information content (AvgIpc) is 3.05. The number of carbonyl (C=O) groups is 1. The number of nitrogens with zero attached hydrogens (tertiary/aromatic N) is 3. The minimum absolute atomic E-state index is 0.0536. The molecule has 0 unspecified atom stereocenters. The van der Waals surface area contributed by atoms with Crippen molar-refractivity contribution in [1.29, 1.82) is 0 Å². The Labute approximate surface area is 155 Å². The van der Waals surface area contributed by atoms with Crippen LogP contribution in [0, 0.1) is 30.9 Å². The van der Waals surface area contributed by atoms with E-state index in [9.17, 15) is 14.9 Å². The quantitative estimate of drug-likeness (QED) is 0.544. The van der Waals surface area contributed by atoms with Crippen LogP contribution in [-0.4, -0.2) is 21.0 Å². The molecule has 0 aliphatic rings. The summed E-state index contributed by atoms with van der Waals surface area (Å²) < 4.78 is 5.46. The predicted octanol–water partition coefficient (Wildman–Crippen LogP) is 3.75. The second-order valence-corrected chi connectivity index (χ2v) is 6.31. The third-order valence-corrected chi connectivity index (χ3v) is 4.28. The number of rotatable bonds is 5. The molecule has 0 radical (unpaired) electrons. The molecule has 0 aliphatic heterocycles. The van der Waals surface area contributed by atoms with Crippen LogP contribution >= 0.6 is 0 Å².